The molecule has 0 aliphatic rings. The van der Waals surface area contributed by atoms with E-state index in [1.807, 2.05) is 0 Å². The highest BCUT2D eigenvalue weighted by Gasteiger charge is 2.00. The molecule has 21 heavy (non-hydrogen) atoms. The van der Waals surface area contributed by atoms with Crippen LogP contribution in [0.25, 0.3) is 0 Å². The molecule has 0 bridgehead atoms. The van der Waals surface area contributed by atoms with Crippen molar-refractivity contribution < 1.29 is 13.0 Å². The number of anilines is 1. The Hall–Kier alpha value is -1.60. The van der Waals surface area contributed by atoms with E-state index < -0.39 is 10.1 Å². The highest BCUT2D eigenvalue weighted by atomic mass is 35.5. The SMILES string of the molecule is O=S(=O)([O-])c1ccc(N/N=C\c2ccc(Cl)cc2Cl)cc1. The first-order chi connectivity index (χ1) is 9.86. The lowest BCUT2D eigenvalue weighted by Gasteiger charge is -2.07. The molecule has 0 radical (unpaired) electrons. The van der Waals surface area contributed by atoms with Gasteiger partial charge in [0, 0.05) is 10.6 Å². The standard InChI is InChI=1S/C13H10Cl2N2O3S/c14-10-2-1-9(13(15)7-10)8-16-17-11-3-5-12(6-4-11)21(18,19)20/h1-8,17H,(H,18,19,20)/p-1/b16-8-. The summed E-state index contributed by atoms with van der Waals surface area (Å²) in [6, 6.07) is 10.3. The van der Waals surface area contributed by atoms with Gasteiger partial charge in [0.25, 0.3) is 0 Å². The van der Waals surface area contributed by atoms with Gasteiger partial charge in [-0.05, 0) is 36.4 Å². The average molecular weight is 344 g/mol. The van der Waals surface area contributed by atoms with Gasteiger partial charge in [0.2, 0.25) is 0 Å². The van der Waals surface area contributed by atoms with Crippen LogP contribution >= 0.6 is 23.2 Å². The van der Waals surface area contributed by atoms with Crippen LogP contribution in [0.2, 0.25) is 10.0 Å². The number of rotatable bonds is 4. The Morgan fingerprint density at radius 3 is 2.33 bits per heavy atom. The molecular weight excluding hydrogens is 335 g/mol. The second-order valence-corrected chi connectivity index (χ2v) is 6.24. The van der Waals surface area contributed by atoms with Crippen LogP contribution in [-0.2, 0) is 10.1 Å². The van der Waals surface area contributed by atoms with E-state index in [2.05, 4.69) is 10.5 Å². The van der Waals surface area contributed by atoms with Gasteiger partial charge >= 0.3 is 0 Å². The minimum Gasteiger partial charge on any atom is -0.744 e. The molecule has 2 aromatic carbocycles. The van der Waals surface area contributed by atoms with Crippen LogP contribution < -0.4 is 5.43 Å². The lowest BCUT2D eigenvalue weighted by atomic mass is 10.2. The van der Waals surface area contributed by atoms with Crippen LogP contribution in [0.1, 0.15) is 5.56 Å². The van der Waals surface area contributed by atoms with E-state index in [0.717, 1.165) is 0 Å². The zero-order valence-corrected chi connectivity index (χ0v) is 12.8. The lowest BCUT2D eigenvalue weighted by molar-refractivity contribution is 0.463. The molecule has 0 unspecified atom stereocenters. The maximum atomic E-state index is 10.8. The summed E-state index contributed by atoms with van der Waals surface area (Å²) in [7, 11) is -4.44. The van der Waals surface area contributed by atoms with Crippen molar-refractivity contribution in [3.05, 3.63) is 58.1 Å². The largest absolute Gasteiger partial charge is 0.744 e. The summed E-state index contributed by atoms with van der Waals surface area (Å²) in [5.74, 6) is 0. The summed E-state index contributed by atoms with van der Waals surface area (Å²) in [4.78, 5) is -0.294. The summed E-state index contributed by atoms with van der Waals surface area (Å²) in [6.07, 6.45) is 1.50. The fourth-order valence-electron chi connectivity index (χ4n) is 1.48. The molecular formula is C13H9Cl2N2O3S-. The molecule has 5 nitrogen and oxygen atoms in total. The summed E-state index contributed by atoms with van der Waals surface area (Å²) in [5, 5.41) is 4.95. The number of hydrogen-bond donors (Lipinski definition) is 1. The molecule has 0 aromatic heterocycles. The Balaban J connectivity index is 2.07. The second-order valence-electron chi connectivity index (χ2n) is 4.01. The van der Waals surface area contributed by atoms with Crippen LogP contribution in [0.15, 0.2) is 52.5 Å². The van der Waals surface area contributed by atoms with E-state index >= 15 is 0 Å². The third kappa shape index (κ3) is 4.44. The highest BCUT2D eigenvalue weighted by molar-refractivity contribution is 7.85. The predicted molar refractivity (Wildman–Crippen MR) is 82.1 cm³/mol. The molecule has 0 aliphatic carbocycles. The van der Waals surface area contributed by atoms with Crippen molar-refractivity contribution in [1.29, 1.82) is 0 Å². The normalized spacial score (nSPS) is 11.8. The molecule has 0 aliphatic heterocycles. The van der Waals surface area contributed by atoms with Gasteiger partial charge in [-0.2, -0.15) is 5.10 Å². The predicted octanol–water partition coefficient (Wildman–Crippen LogP) is 3.34. The third-order valence-corrected chi connectivity index (χ3v) is 3.91. The third-order valence-electron chi connectivity index (χ3n) is 2.50. The number of hydrogen-bond acceptors (Lipinski definition) is 5. The molecule has 0 heterocycles. The van der Waals surface area contributed by atoms with E-state index in [1.54, 1.807) is 18.2 Å². The smallest absolute Gasteiger partial charge is 0.124 e. The van der Waals surface area contributed by atoms with E-state index in [9.17, 15) is 13.0 Å². The number of halogens is 2. The average Bonchev–Trinajstić information content (AvgIpc) is 2.41. The van der Waals surface area contributed by atoms with Gasteiger partial charge in [0.15, 0.2) is 0 Å². The number of nitrogens with zero attached hydrogens (tertiary/aromatic N) is 1. The van der Waals surface area contributed by atoms with E-state index in [-0.39, 0.29) is 4.90 Å². The van der Waals surface area contributed by atoms with E-state index in [0.29, 0.717) is 21.3 Å². The van der Waals surface area contributed by atoms with Gasteiger partial charge < -0.3 is 4.55 Å². The Morgan fingerprint density at radius 1 is 1.10 bits per heavy atom. The summed E-state index contributed by atoms with van der Waals surface area (Å²) < 4.78 is 32.3. The Morgan fingerprint density at radius 2 is 1.76 bits per heavy atom. The van der Waals surface area contributed by atoms with Gasteiger partial charge in [0.1, 0.15) is 10.1 Å². The minimum atomic E-state index is -4.44. The van der Waals surface area contributed by atoms with Gasteiger partial charge in [0.05, 0.1) is 21.8 Å². The van der Waals surface area contributed by atoms with Crippen LogP contribution in [-0.4, -0.2) is 19.2 Å². The van der Waals surface area contributed by atoms with Crippen molar-refractivity contribution in [3.63, 3.8) is 0 Å². The van der Waals surface area contributed by atoms with Crippen LogP contribution in [0.3, 0.4) is 0 Å². The fourth-order valence-corrected chi connectivity index (χ4v) is 2.41. The second kappa shape index (κ2) is 6.44. The van der Waals surface area contributed by atoms with Crippen molar-refractivity contribution >= 4 is 45.2 Å². The van der Waals surface area contributed by atoms with Gasteiger partial charge in [-0.3, -0.25) is 5.43 Å². The minimum absolute atomic E-state index is 0.294. The molecule has 0 saturated carbocycles. The van der Waals surface area contributed by atoms with Crippen molar-refractivity contribution in [2.45, 2.75) is 4.90 Å². The number of benzene rings is 2. The van der Waals surface area contributed by atoms with Gasteiger partial charge in [-0.15, -0.1) is 0 Å². The molecule has 0 fully saturated rings. The molecule has 0 amide bonds. The van der Waals surface area contributed by atoms with Gasteiger partial charge in [-0.25, -0.2) is 8.42 Å². The molecule has 2 aromatic rings. The Labute approximate surface area is 132 Å². The van der Waals surface area contributed by atoms with Crippen molar-refractivity contribution in [2.75, 3.05) is 5.43 Å². The number of hydrazone groups is 1. The molecule has 8 heteroatoms. The molecule has 0 atom stereocenters. The van der Waals surface area contributed by atoms with Crippen molar-refractivity contribution in [2.24, 2.45) is 5.10 Å². The zero-order valence-electron chi connectivity index (χ0n) is 10.5. The lowest BCUT2D eigenvalue weighted by Crippen LogP contribution is -1.98. The van der Waals surface area contributed by atoms with Crippen LogP contribution in [0.4, 0.5) is 5.69 Å². The van der Waals surface area contributed by atoms with Gasteiger partial charge in [-0.1, -0.05) is 29.3 Å². The first kappa shape index (κ1) is 15.8. The Bertz CT molecular complexity index is 775. The summed E-state index contributed by atoms with van der Waals surface area (Å²) in [5.41, 5.74) is 3.90. The monoisotopic (exact) mass is 343 g/mol. The first-order valence-corrected chi connectivity index (χ1v) is 7.83. The Kier molecular flexibility index (Phi) is 4.84. The summed E-state index contributed by atoms with van der Waals surface area (Å²) >= 11 is 11.8. The topological polar surface area (TPSA) is 81.6 Å². The zero-order chi connectivity index (χ0) is 15.5. The first-order valence-electron chi connectivity index (χ1n) is 5.66. The van der Waals surface area contributed by atoms with E-state index in [1.165, 1.54) is 30.5 Å². The highest BCUT2D eigenvalue weighted by Crippen LogP contribution is 2.19. The maximum absolute atomic E-state index is 10.8. The molecule has 0 saturated heterocycles. The van der Waals surface area contributed by atoms with Crippen molar-refractivity contribution in [3.8, 4) is 0 Å². The van der Waals surface area contributed by atoms with Crippen LogP contribution in [0.5, 0.6) is 0 Å². The maximum Gasteiger partial charge on any atom is 0.124 e. The van der Waals surface area contributed by atoms with Crippen LogP contribution in [0, 0.1) is 0 Å². The molecule has 0 spiro atoms. The quantitative estimate of drug-likeness (QED) is 0.524. The molecule has 1 N–H and O–H groups in total. The molecule has 110 valence electrons. The summed E-state index contributed by atoms with van der Waals surface area (Å²) in [6.45, 7) is 0. The fraction of sp³-hybridized carbons (Fsp3) is 0. The molecule has 2 rings (SSSR count). The van der Waals surface area contributed by atoms with E-state index in [4.69, 9.17) is 23.2 Å². The van der Waals surface area contributed by atoms with Crippen molar-refractivity contribution in [1.82, 2.24) is 0 Å². The number of nitrogens with one attached hydrogen (secondary N) is 1.